The molecule has 12 heteroatoms. The summed E-state index contributed by atoms with van der Waals surface area (Å²) in [6.07, 6.45) is -0.550. The highest BCUT2D eigenvalue weighted by atomic mass is 79.9. The van der Waals surface area contributed by atoms with E-state index >= 15 is 0 Å². The molecule has 32 heavy (non-hydrogen) atoms. The SMILES string of the molecule is CC(C)COC(=O)Nc1cccc(COc2nc3c(Br)cccc3n2-c2nnnn2C)n1. The largest absolute Gasteiger partial charge is 0.458 e. The van der Waals surface area contributed by atoms with Crippen LogP contribution in [0.4, 0.5) is 10.6 Å². The van der Waals surface area contributed by atoms with E-state index in [0.717, 1.165) is 9.99 Å². The topological polar surface area (TPSA) is 122 Å². The number of aromatic nitrogens is 7. The second-order valence-corrected chi connectivity index (χ2v) is 8.21. The van der Waals surface area contributed by atoms with Gasteiger partial charge in [0.15, 0.2) is 0 Å². The first-order valence-corrected chi connectivity index (χ1v) is 10.6. The van der Waals surface area contributed by atoms with Gasteiger partial charge in [0.1, 0.15) is 17.9 Å². The minimum absolute atomic E-state index is 0.114. The van der Waals surface area contributed by atoms with Crippen LogP contribution >= 0.6 is 15.9 Å². The van der Waals surface area contributed by atoms with Crippen molar-refractivity contribution in [1.82, 2.24) is 34.7 Å². The number of tetrazole rings is 1. The van der Waals surface area contributed by atoms with E-state index < -0.39 is 6.09 Å². The summed E-state index contributed by atoms with van der Waals surface area (Å²) in [6, 6.07) is 11.2. The number of nitrogens with zero attached hydrogens (tertiary/aromatic N) is 7. The van der Waals surface area contributed by atoms with E-state index in [2.05, 4.69) is 46.7 Å². The number of nitrogens with one attached hydrogen (secondary N) is 1. The van der Waals surface area contributed by atoms with Gasteiger partial charge < -0.3 is 9.47 Å². The maximum absolute atomic E-state index is 11.9. The van der Waals surface area contributed by atoms with Gasteiger partial charge in [0.05, 0.1) is 17.8 Å². The van der Waals surface area contributed by atoms with Crippen LogP contribution in [0.5, 0.6) is 6.01 Å². The molecule has 0 atom stereocenters. The molecule has 4 rings (SSSR count). The van der Waals surface area contributed by atoms with E-state index in [1.807, 2.05) is 32.0 Å². The van der Waals surface area contributed by atoms with Crippen molar-refractivity contribution in [3.05, 3.63) is 46.6 Å². The van der Waals surface area contributed by atoms with Crippen molar-refractivity contribution < 1.29 is 14.3 Å². The van der Waals surface area contributed by atoms with Crippen molar-refractivity contribution in [3.8, 4) is 12.0 Å². The number of carbonyl (C=O) groups excluding carboxylic acids is 1. The molecule has 1 amide bonds. The van der Waals surface area contributed by atoms with Crippen molar-refractivity contribution in [3.63, 3.8) is 0 Å². The minimum Gasteiger partial charge on any atom is -0.458 e. The lowest BCUT2D eigenvalue weighted by molar-refractivity contribution is 0.147. The molecule has 3 aromatic heterocycles. The third-order valence-electron chi connectivity index (χ3n) is 4.34. The van der Waals surface area contributed by atoms with E-state index in [1.54, 1.807) is 29.8 Å². The maximum Gasteiger partial charge on any atom is 0.412 e. The fraction of sp³-hybridized carbons (Fsp3) is 0.300. The number of hydrogen-bond donors (Lipinski definition) is 1. The molecule has 0 fully saturated rings. The number of fused-ring (bicyclic) bond motifs is 1. The number of imidazole rings is 1. The molecular formula is C20H21BrN8O3. The van der Waals surface area contributed by atoms with Gasteiger partial charge in [-0.1, -0.05) is 31.1 Å². The van der Waals surface area contributed by atoms with Gasteiger partial charge in [-0.25, -0.2) is 19.0 Å². The normalized spacial score (nSPS) is 11.2. The van der Waals surface area contributed by atoms with E-state index in [1.165, 1.54) is 4.68 Å². The molecule has 0 unspecified atom stereocenters. The Morgan fingerprint density at radius 3 is 2.75 bits per heavy atom. The van der Waals surface area contributed by atoms with Crippen molar-refractivity contribution in [2.24, 2.45) is 13.0 Å². The quantitative estimate of drug-likeness (QED) is 0.409. The van der Waals surface area contributed by atoms with E-state index in [0.29, 0.717) is 35.6 Å². The Morgan fingerprint density at radius 1 is 1.19 bits per heavy atom. The number of anilines is 1. The van der Waals surface area contributed by atoms with E-state index in [9.17, 15) is 4.79 Å². The second-order valence-electron chi connectivity index (χ2n) is 7.36. The van der Waals surface area contributed by atoms with Crippen LogP contribution in [0.15, 0.2) is 40.9 Å². The third kappa shape index (κ3) is 4.69. The predicted molar refractivity (Wildman–Crippen MR) is 120 cm³/mol. The van der Waals surface area contributed by atoms with Crippen LogP contribution in [0.3, 0.4) is 0 Å². The lowest BCUT2D eigenvalue weighted by Crippen LogP contribution is -2.17. The molecule has 0 aliphatic carbocycles. The van der Waals surface area contributed by atoms with Gasteiger partial charge in [0, 0.05) is 11.5 Å². The highest BCUT2D eigenvalue weighted by molar-refractivity contribution is 9.10. The Morgan fingerprint density at radius 2 is 2.00 bits per heavy atom. The van der Waals surface area contributed by atoms with Crippen LogP contribution < -0.4 is 10.1 Å². The monoisotopic (exact) mass is 500 g/mol. The molecule has 4 aromatic rings. The van der Waals surface area contributed by atoms with Crippen molar-refractivity contribution in [2.45, 2.75) is 20.5 Å². The highest BCUT2D eigenvalue weighted by Gasteiger charge is 2.19. The lowest BCUT2D eigenvalue weighted by Gasteiger charge is -2.10. The molecule has 166 valence electrons. The molecule has 1 aromatic carbocycles. The third-order valence-corrected chi connectivity index (χ3v) is 4.98. The molecule has 11 nitrogen and oxygen atoms in total. The number of rotatable bonds is 7. The Labute approximate surface area is 191 Å². The fourth-order valence-electron chi connectivity index (χ4n) is 2.90. The Kier molecular flexibility index (Phi) is 6.30. The number of para-hydroxylation sites is 1. The first-order valence-electron chi connectivity index (χ1n) is 9.84. The number of aryl methyl sites for hydroxylation is 1. The number of pyridine rings is 1. The van der Waals surface area contributed by atoms with Gasteiger partial charge >= 0.3 is 12.1 Å². The van der Waals surface area contributed by atoms with E-state index in [4.69, 9.17) is 9.47 Å². The van der Waals surface area contributed by atoms with Crippen LogP contribution in [0.1, 0.15) is 19.5 Å². The average molecular weight is 501 g/mol. The second kappa shape index (κ2) is 9.30. The van der Waals surface area contributed by atoms with Crippen molar-refractivity contribution in [1.29, 1.82) is 0 Å². The summed E-state index contributed by atoms with van der Waals surface area (Å²) in [4.78, 5) is 20.9. The lowest BCUT2D eigenvalue weighted by atomic mass is 10.2. The number of benzene rings is 1. The smallest absolute Gasteiger partial charge is 0.412 e. The summed E-state index contributed by atoms with van der Waals surface area (Å²) in [5.41, 5.74) is 2.09. The Balaban J connectivity index is 1.56. The predicted octanol–water partition coefficient (Wildman–Crippen LogP) is 3.49. The molecule has 0 saturated heterocycles. The molecular weight excluding hydrogens is 480 g/mol. The van der Waals surface area contributed by atoms with Crippen LogP contribution in [0, 0.1) is 5.92 Å². The number of amides is 1. The summed E-state index contributed by atoms with van der Waals surface area (Å²) in [5.74, 6) is 1.07. The van der Waals surface area contributed by atoms with Crippen LogP contribution in [0.25, 0.3) is 17.0 Å². The Bertz CT molecular complexity index is 1250. The standard InChI is InChI=1S/C20H21BrN8O3/c1-12(2)10-32-20(30)23-16-9-4-6-13(22-16)11-31-19-24-17-14(21)7-5-8-15(17)29(19)18-25-26-27-28(18)3/h4-9,12H,10-11H2,1-3H3,(H,22,23,30). The van der Waals surface area contributed by atoms with Gasteiger partial charge in [0.25, 0.3) is 5.95 Å². The molecule has 0 aliphatic heterocycles. The number of halogens is 1. The summed E-state index contributed by atoms with van der Waals surface area (Å²) >= 11 is 3.52. The fourth-order valence-corrected chi connectivity index (χ4v) is 3.34. The first kappa shape index (κ1) is 21.7. The molecule has 0 saturated carbocycles. The summed E-state index contributed by atoms with van der Waals surface area (Å²) in [7, 11) is 1.73. The molecule has 0 bridgehead atoms. The van der Waals surface area contributed by atoms with Crippen LogP contribution in [-0.2, 0) is 18.4 Å². The molecule has 3 heterocycles. The molecule has 0 radical (unpaired) electrons. The number of ether oxygens (including phenoxy) is 2. The number of hydrogen-bond acceptors (Lipinski definition) is 8. The summed E-state index contributed by atoms with van der Waals surface area (Å²) < 4.78 is 15.2. The molecule has 0 spiro atoms. The minimum atomic E-state index is -0.550. The van der Waals surface area contributed by atoms with Gasteiger partial charge in [-0.2, -0.15) is 4.98 Å². The van der Waals surface area contributed by atoms with Gasteiger partial charge in [-0.3, -0.25) is 5.32 Å². The van der Waals surface area contributed by atoms with Crippen molar-refractivity contribution in [2.75, 3.05) is 11.9 Å². The van der Waals surface area contributed by atoms with Crippen molar-refractivity contribution >= 4 is 38.9 Å². The number of carbonyl (C=O) groups is 1. The maximum atomic E-state index is 11.9. The van der Waals surface area contributed by atoms with Gasteiger partial charge in [-0.15, -0.1) is 0 Å². The zero-order valence-electron chi connectivity index (χ0n) is 17.7. The highest BCUT2D eigenvalue weighted by Crippen LogP contribution is 2.30. The molecule has 0 aliphatic rings. The zero-order valence-corrected chi connectivity index (χ0v) is 19.3. The zero-order chi connectivity index (χ0) is 22.7. The summed E-state index contributed by atoms with van der Waals surface area (Å²) in [5, 5.41) is 14.3. The van der Waals surface area contributed by atoms with Crippen LogP contribution in [0.2, 0.25) is 0 Å². The van der Waals surface area contributed by atoms with Crippen LogP contribution in [-0.4, -0.2) is 47.4 Å². The Hall–Kier alpha value is -3.54. The molecule has 1 N–H and O–H groups in total. The van der Waals surface area contributed by atoms with Gasteiger partial charge in [-0.05, 0) is 56.5 Å². The van der Waals surface area contributed by atoms with E-state index in [-0.39, 0.29) is 12.5 Å². The summed E-state index contributed by atoms with van der Waals surface area (Å²) in [6.45, 7) is 4.37. The first-order chi connectivity index (χ1) is 15.4. The van der Waals surface area contributed by atoms with Gasteiger partial charge in [0.2, 0.25) is 0 Å². The average Bonchev–Trinajstić information content (AvgIpc) is 3.34.